The average molecular weight is 281 g/mol. The van der Waals surface area contributed by atoms with E-state index in [9.17, 15) is 9.50 Å². The predicted molar refractivity (Wildman–Crippen MR) is 77.3 cm³/mol. The first-order valence-electron chi connectivity index (χ1n) is 7.18. The molecule has 0 amide bonds. The molecule has 1 saturated heterocycles. The van der Waals surface area contributed by atoms with Crippen molar-refractivity contribution in [3.05, 3.63) is 35.9 Å². The number of hydrogen-bond donors (Lipinski definition) is 1. The van der Waals surface area contributed by atoms with E-state index in [0.717, 1.165) is 0 Å². The molecule has 1 aliphatic rings. The van der Waals surface area contributed by atoms with Gasteiger partial charge in [0.25, 0.3) is 0 Å². The summed E-state index contributed by atoms with van der Waals surface area (Å²) in [6, 6.07) is 9.88. The van der Waals surface area contributed by atoms with E-state index < -0.39 is 18.4 Å². The number of ether oxygens (including phenoxy) is 1. The number of hydrogen-bond acceptors (Lipinski definition) is 3. The van der Waals surface area contributed by atoms with E-state index in [4.69, 9.17) is 4.74 Å². The van der Waals surface area contributed by atoms with Gasteiger partial charge in [0.15, 0.2) is 0 Å². The van der Waals surface area contributed by atoms with Gasteiger partial charge < -0.3 is 9.84 Å². The van der Waals surface area contributed by atoms with Gasteiger partial charge in [-0.3, -0.25) is 4.90 Å². The molecule has 3 unspecified atom stereocenters. The monoisotopic (exact) mass is 281 g/mol. The summed E-state index contributed by atoms with van der Waals surface area (Å²) in [5.41, 5.74) is 0.765. The molecule has 3 nitrogen and oxygen atoms in total. The summed E-state index contributed by atoms with van der Waals surface area (Å²) >= 11 is 0. The maximum atomic E-state index is 13.2. The Hall–Kier alpha value is -0.970. The van der Waals surface area contributed by atoms with Gasteiger partial charge in [-0.25, -0.2) is 4.39 Å². The minimum absolute atomic E-state index is 0.197. The fourth-order valence-electron chi connectivity index (χ4n) is 2.90. The molecule has 1 aliphatic heterocycles. The summed E-state index contributed by atoms with van der Waals surface area (Å²) in [6.07, 6.45) is 0.151. The molecule has 1 aromatic carbocycles. The average Bonchev–Trinajstić information content (AvgIpc) is 2.39. The molecule has 1 heterocycles. The van der Waals surface area contributed by atoms with E-state index in [0.29, 0.717) is 26.1 Å². The molecular weight excluding hydrogens is 257 g/mol. The first kappa shape index (κ1) is 15.4. The highest BCUT2D eigenvalue weighted by Gasteiger charge is 2.37. The molecule has 0 aliphatic carbocycles. The quantitative estimate of drug-likeness (QED) is 0.899. The van der Waals surface area contributed by atoms with Crippen LogP contribution < -0.4 is 0 Å². The van der Waals surface area contributed by atoms with Crippen LogP contribution in [0.1, 0.15) is 25.8 Å². The van der Waals surface area contributed by atoms with Gasteiger partial charge in [0.1, 0.15) is 6.67 Å². The molecule has 0 spiro atoms. The maximum absolute atomic E-state index is 13.2. The standard InChI is InChI=1S/C16H24FNO2/c1-13(19)8-16(2)12-18(15(9-17)11-20-16)10-14-6-4-3-5-7-14/h3-7,13,15,19H,8-12H2,1-2H3. The fraction of sp³-hybridized carbons (Fsp3) is 0.625. The number of nitrogens with zero attached hydrogens (tertiary/aromatic N) is 1. The number of aliphatic hydroxyl groups excluding tert-OH is 1. The largest absolute Gasteiger partial charge is 0.393 e. The molecule has 1 N–H and O–H groups in total. The van der Waals surface area contributed by atoms with Gasteiger partial charge in [0.05, 0.1) is 24.4 Å². The van der Waals surface area contributed by atoms with Crippen molar-refractivity contribution in [3.8, 4) is 0 Å². The van der Waals surface area contributed by atoms with Gasteiger partial charge in [0.2, 0.25) is 0 Å². The van der Waals surface area contributed by atoms with E-state index in [1.54, 1.807) is 6.92 Å². The third-order valence-corrected chi connectivity index (χ3v) is 3.81. The van der Waals surface area contributed by atoms with Crippen LogP contribution in [0.25, 0.3) is 0 Å². The SMILES string of the molecule is CC(O)CC1(C)CN(Cc2ccccc2)C(CF)CO1. The van der Waals surface area contributed by atoms with Crippen LogP contribution in [0, 0.1) is 0 Å². The molecule has 0 aromatic heterocycles. The lowest BCUT2D eigenvalue weighted by Gasteiger charge is -2.45. The number of aliphatic hydroxyl groups is 1. The second kappa shape index (κ2) is 6.66. The van der Waals surface area contributed by atoms with E-state index in [1.165, 1.54) is 5.56 Å². The van der Waals surface area contributed by atoms with Crippen molar-refractivity contribution in [2.24, 2.45) is 0 Å². The van der Waals surface area contributed by atoms with Gasteiger partial charge in [0, 0.05) is 19.5 Å². The Balaban J connectivity index is 2.06. The topological polar surface area (TPSA) is 32.7 Å². The highest BCUT2D eigenvalue weighted by Crippen LogP contribution is 2.27. The van der Waals surface area contributed by atoms with Gasteiger partial charge in [-0.15, -0.1) is 0 Å². The smallest absolute Gasteiger partial charge is 0.107 e. The Labute approximate surface area is 120 Å². The van der Waals surface area contributed by atoms with Crippen LogP contribution in [0.4, 0.5) is 4.39 Å². The van der Waals surface area contributed by atoms with Crippen molar-refractivity contribution < 1.29 is 14.2 Å². The van der Waals surface area contributed by atoms with E-state index in [-0.39, 0.29) is 6.04 Å². The first-order valence-corrected chi connectivity index (χ1v) is 7.18. The summed E-state index contributed by atoms with van der Waals surface area (Å²) < 4.78 is 19.0. The van der Waals surface area contributed by atoms with Gasteiger partial charge in [-0.2, -0.15) is 0 Å². The Kier molecular flexibility index (Phi) is 5.13. The zero-order valence-corrected chi connectivity index (χ0v) is 12.3. The van der Waals surface area contributed by atoms with Crippen LogP contribution in [-0.2, 0) is 11.3 Å². The third kappa shape index (κ3) is 4.01. The van der Waals surface area contributed by atoms with Crippen molar-refractivity contribution in [2.45, 2.75) is 44.6 Å². The van der Waals surface area contributed by atoms with Crippen molar-refractivity contribution in [1.82, 2.24) is 4.90 Å². The van der Waals surface area contributed by atoms with Gasteiger partial charge in [-0.05, 0) is 19.4 Å². The van der Waals surface area contributed by atoms with Crippen molar-refractivity contribution in [2.75, 3.05) is 19.8 Å². The van der Waals surface area contributed by atoms with E-state index in [1.807, 2.05) is 25.1 Å². The highest BCUT2D eigenvalue weighted by molar-refractivity contribution is 5.15. The van der Waals surface area contributed by atoms with Crippen LogP contribution in [-0.4, -0.2) is 47.6 Å². The van der Waals surface area contributed by atoms with E-state index in [2.05, 4.69) is 17.0 Å². The third-order valence-electron chi connectivity index (χ3n) is 3.81. The number of rotatable bonds is 5. The lowest BCUT2D eigenvalue weighted by Crippen LogP contribution is -2.56. The molecule has 0 saturated carbocycles. The van der Waals surface area contributed by atoms with Gasteiger partial charge >= 0.3 is 0 Å². The molecule has 20 heavy (non-hydrogen) atoms. The Morgan fingerprint density at radius 2 is 2.15 bits per heavy atom. The predicted octanol–water partition coefficient (Wildman–Crippen LogP) is 2.39. The minimum atomic E-state index is -0.416. The molecule has 2 rings (SSSR count). The van der Waals surface area contributed by atoms with Gasteiger partial charge in [-0.1, -0.05) is 30.3 Å². The summed E-state index contributed by atoms with van der Waals surface area (Å²) in [5, 5.41) is 9.60. The highest BCUT2D eigenvalue weighted by atomic mass is 19.1. The molecule has 4 heteroatoms. The number of alkyl halides is 1. The van der Waals surface area contributed by atoms with Crippen LogP contribution in [0.3, 0.4) is 0 Å². The first-order chi connectivity index (χ1) is 9.52. The zero-order valence-electron chi connectivity index (χ0n) is 12.3. The Bertz CT molecular complexity index is 412. The number of benzene rings is 1. The van der Waals surface area contributed by atoms with Crippen molar-refractivity contribution in [3.63, 3.8) is 0 Å². The van der Waals surface area contributed by atoms with Crippen LogP contribution in [0.5, 0.6) is 0 Å². The van der Waals surface area contributed by atoms with Crippen LogP contribution in [0.15, 0.2) is 30.3 Å². The van der Waals surface area contributed by atoms with Crippen LogP contribution >= 0.6 is 0 Å². The second-order valence-electron chi connectivity index (χ2n) is 6.01. The molecule has 112 valence electrons. The lowest BCUT2D eigenvalue weighted by atomic mass is 9.95. The molecule has 0 bridgehead atoms. The molecular formula is C16H24FNO2. The summed E-state index contributed by atoms with van der Waals surface area (Å²) in [6.45, 7) is 5.09. The number of morpholine rings is 1. The maximum Gasteiger partial charge on any atom is 0.107 e. The second-order valence-corrected chi connectivity index (χ2v) is 6.01. The number of halogens is 1. The Morgan fingerprint density at radius 1 is 1.45 bits per heavy atom. The summed E-state index contributed by atoms with van der Waals surface area (Å²) in [7, 11) is 0. The Morgan fingerprint density at radius 3 is 2.75 bits per heavy atom. The molecule has 3 atom stereocenters. The van der Waals surface area contributed by atoms with Crippen LogP contribution in [0.2, 0.25) is 0 Å². The van der Waals surface area contributed by atoms with Crippen molar-refractivity contribution in [1.29, 1.82) is 0 Å². The zero-order chi connectivity index (χ0) is 14.6. The van der Waals surface area contributed by atoms with E-state index >= 15 is 0 Å². The molecule has 0 radical (unpaired) electrons. The summed E-state index contributed by atoms with van der Waals surface area (Å²) in [4.78, 5) is 2.13. The minimum Gasteiger partial charge on any atom is -0.393 e. The van der Waals surface area contributed by atoms with Crippen molar-refractivity contribution >= 4 is 0 Å². The normalized spacial score (nSPS) is 29.3. The molecule has 1 fully saturated rings. The molecule has 1 aromatic rings. The fourth-order valence-corrected chi connectivity index (χ4v) is 2.90. The summed E-state index contributed by atoms with van der Waals surface area (Å²) in [5.74, 6) is 0. The lowest BCUT2D eigenvalue weighted by molar-refractivity contribution is -0.144.